The first-order valence-electron chi connectivity index (χ1n) is 5.81. The predicted molar refractivity (Wildman–Crippen MR) is 73.8 cm³/mol. The number of rotatable bonds is 2. The third kappa shape index (κ3) is 1.74. The van der Waals surface area contributed by atoms with Gasteiger partial charge in [-0.2, -0.15) is 5.10 Å². The van der Waals surface area contributed by atoms with E-state index in [1.807, 2.05) is 32.3 Å². The summed E-state index contributed by atoms with van der Waals surface area (Å²) in [6, 6.07) is 8.11. The van der Waals surface area contributed by atoms with Gasteiger partial charge in [-0.05, 0) is 23.8 Å². The van der Waals surface area contributed by atoms with Crippen LogP contribution in [0.1, 0.15) is 22.9 Å². The number of benzene rings is 1. The summed E-state index contributed by atoms with van der Waals surface area (Å²) in [6.07, 6.45) is 1.27. The molecule has 0 aliphatic rings. The van der Waals surface area contributed by atoms with E-state index < -0.39 is 6.10 Å². The van der Waals surface area contributed by atoms with Crippen molar-refractivity contribution >= 4 is 21.4 Å². The first-order valence-corrected chi connectivity index (χ1v) is 6.69. The van der Waals surface area contributed by atoms with Crippen molar-refractivity contribution in [2.45, 2.75) is 13.0 Å². The summed E-state index contributed by atoms with van der Waals surface area (Å²) in [5.74, 6) is 0. The Morgan fingerprint density at radius 3 is 2.83 bits per heavy atom. The molecule has 0 saturated carbocycles. The highest BCUT2D eigenvalue weighted by Crippen LogP contribution is 2.32. The second-order valence-electron chi connectivity index (χ2n) is 4.43. The van der Waals surface area contributed by atoms with Crippen LogP contribution in [0.2, 0.25) is 0 Å². The summed E-state index contributed by atoms with van der Waals surface area (Å²) in [5, 5.41) is 18.1. The minimum atomic E-state index is -0.610. The van der Waals surface area contributed by atoms with Gasteiger partial charge in [-0.25, -0.2) is 0 Å². The van der Waals surface area contributed by atoms with E-state index in [9.17, 15) is 5.11 Å². The molecule has 92 valence electrons. The Kier molecular flexibility index (Phi) is 2.69. The van der Waals surface area contributed by atoms with Crippen LogP contribution < -0.4 is 0 Å². The van der Waals surface area contributed by atoms with Crippen molar-refractivity contribution in [3.8, 4) is 0 Å². The fraction of sp³-hybridized carbons (Fsp3) is 0.214. The van der Waals surface area contributed by atoms with E-state index >= 15 is 0 Å². The van der Waals surface area contributed by atoms with Gasteiger partial charge < -0.3 is 5.11 Å². The van der Waals surface area contributed by atoms with Gasteiger partial charge in [-0.1, -0.05) is 18.2 Å². The van der Waals surface area contributed by atoms with Crippen molar-refractivity contribution < 1.29 is 5.11 Å². The lowest BCUT2D eigenvalue weighted by Crippen LogP contribution is -2.00. The molecule has 1 atom stereocenters. The molecule has 18 heavy (non-hydrogen) atoms. The molecule has 0 amide bonds. The SMILES string of the molecule is Cc1nn(C)cc1C(O)c1cccc2ccsc12. The number of aryl methyl sites for hydroxylation is 2. The summed E-state index contributed by atoms with van der Waals surface area (Å²) in [5.41, 5.74) is 2.70. The number of aliphatic hydroxyl groups excluding tert-OH is 1. The molecule has 0 saturated heterocycles. The van der Waals surface area contributed by atoms with Crippen molar-refractivity contribution in [2.24, 2.45) is 7.05 Å². The number of nitrogens with zero attached hydrogens (tertiary/aromatic N) is 2. The molecule has 0 spiro atoms. The average molecular weight is 258 g/mol. The molecule has 0 aliphatic carbocycles. The molecule has 1 aromatic carbocycles. The number of aromatic nitrogens is 2. The van der Waals surface area contributed by atoms with Crippen LogP contribution in [-0.2, 0) is 7.05 Å². The third-order valence-corrected chi connectivity index (χ3v) is 4.13. The largest absolute Gasteiger partial charge is 0.383 e. The lowest BCUT2D eigenvalue weighted by molar-refractivity contribution is 0.221. The van der Waals surface area contributed by atoms with Gasteiger partial charge in [0, 0.05) is 29.1 Å². The fourth-order valence-corrected chi connectivity index (χ4v) is 3.22. The van der Waals surface area contributed by atoms with E-state index in [0.717, 1.165) is 21.5 Å². The van der Waals surface area contributed by atoms with E-state index in [2.05, 4.69) is 22.6 Å². The molecule has 0 radical (unpaired) electrons. The highest BCUT2D eigenvalue weighted by Gasteiger charge is 2.18. The zero-order valence-corrected chi connectivity index (χ0v) is 11.1. The molecule has 3 aromatic rings. The van der Waals surface area contributed by atoms with Crippen molar-refractivity contribution in [1.29, 1.82) is 0 Å². The monoisotopic (exact) mass is 258 g/mol. The van der Waals surface area contributed by atoms with E-state index in [-0.39, 0.29) is 0 Å². The van der Waals surface area contributed by atoms with E-state index in [1.54, 1.807) is 16.0 Å². The zero-order valence-electron chi connectivity index (χ0n) is 10.3. The van der Waals surface area contributed by atoms with Crippen molar-refractivity contribution in [3.63, 3.8) is 0 Å². The second kappa shape index (κ2) is 4.23. The van der Waals surface area contributed by atoms with Crippen LogP contribution in [0.3, 0.4) is 0 Å². The number of thiophene rings is 1. The zero-order chi connectivity index (χ0) is 12.7. The molecule has 3 rings (SSSR count). The molecule has 1 N–H and O–H groups in total. The Morgan fingerprint density at radius 2 is 2.11 bits per heavy atom. The second-order valence-corrected chi connectivity index (χ2v) is 5.35. The van der Waals surface area contributed by atoms with Crippen molar-refractivity contribution in [3.05, 3.63) is 52.7 Å². The molecule has 0 aliphatic heterocycles. The van der Waals surface area contributed by atoms with Gasteiger partial charge in [0.05, 0.1) is 5.69 Å². The Balaban J connectivity index is 2.14. The number of aliphatic hydroxyl groups is 1. The Bertz CT molecular complexity index is 699. The van der Waals surface area contributed by atoms with E-state index in [4.69, 9.17) is 0 Å². The molecule has 4 heteroatoms. The van der Waals surface area contributed by atoms with Crippen LogP contribution in [0.25, 0.3) is 10.1 Å². The van der Waals surface area contributed by atoms with Crippen LogP contribution in [0, 0.1) is 6.92 Å². The van der Waals surface area contributed by atoms with Crippen LogP contribution >= 0.6 is 11.3 Å². The Labute approximate surface area is 109 Å². The van der Waals surface area contributed by atoms with Gasteiger partial charge in [0.25, 0.3) is 0 Å². The standard InChI is InChI=1S/C14H14N2OS/c1-9-12(8-16(2)15-9)13(17)11-5-3-4-10-6-7-18-14(10)11/h3-8,13,17H,1-2H3. The molecule has 1 unspecified atom stereocenters. The maximum absolute atomic E-state index is 10.6. The van der Waals surface area contributed by atoms with Gasteiger partial charge in [0.1, 0.15) is 6.10 Å². The average Bonchev–Trinajstić information content (AvgIpc) is 2.94. The number of hydrogen-bond acceptors (Lipinski definition) is 3. The van der Waals surface area contributed by atoms with Gasteiger partial charge in [-0.15, -0.1) is 11.3 Å². The maximum atomic E-state index is 10.6. The molecule has 2 aromatic heterocycles. The topological polar surface area (TPSA) is 38.0 Å². The maximum Gasteiger partial charge on any atom is 0.109 e. The molecular formula is C14H14N2OS. The number of fused-ring (bicyclic) bond motifs is 1. The Hall–Kier alpha value is -1.65. The first-order chi connectivity index (χ1) is 8.66. The smallest absolute Gasteiger partial charge is 0.109 e. The minimum absolute atomic E-state index is 0.610. The van der Waals surface area contributed by atoms with Crippen LogP contribution in [-0.4, -0.2) is 14.9 Å². The molecule has 0 fully saturated rings. The first kappa shape index (κ1) is 11.4. The third-order valence-electron chi connectivity index (χ3n) is 3.15. The van der Waals surface area contributed by atoms with Gasteiger partial charge in [-0.3, -0.25) is 4.68 Å². The summed E-state index contributed by atoms with van der Waals surface area (Å²) >= 11 is 1.66. The quantitative estimate of drug-likeness (QED) is 0.767. The molecular weight excluding hydrogens is 244 g/mol. The highest BCUT2D eigenvalue weighted by molar-refractivity contribution is 7.17. The summed E-state index contributed by atoms with van der Waals surface area (Å²) in [6.45, 7) is 1.92. The molecule has 2 heterocycles. The lowest BCUT2D eigenvalue weighted by atomic mass is 10.0. The summed E-state index contributed by atoms with van der Waals surface area (Å²) < 4.78 is 2.89. The summed E-state index contributed by atoms with van der Waals surface area (Å²) in [7, 11) is 1.87. The predicted octanol–water partition coefficient (Wildman–Crippen LogP) is 3.02. The lowest BCUT2D eigenvalue weighted by Gasteiger charge is -2.11. The molecule has 0 bridgehead atoms. The van der Waals surface area contributed by atoms with Crippen LogP contribution in [0.5, 0.6) is 0 Å². The van der Waals surface area contributed by atoms with Crippen LogP contribution in [0.4, 0.5) is 0 Å². The van der Waals surface area contributed by atoms with Gasteiger partial charge in [0.2, 0.25) is 0 Å². The van der Waals surface area contributed by atoms with E-state index in [1.165, 1.54) is 5.39 Å². The van der Waals surface area contributed by atoms with Crippen molar-refractivity contribution in [1.82, 2.24) is 9.78 Å². The molecule has 3 nitrogen and oxygen atoms in total. The Morgan fingerprint density at radius 1 is 1.28 bits per heavy atom. The fourth-order valence-electron chi connectivity index (χ4n) is 2.29. The van der Waals surface area contributed by atoms with E-state index in [0.29, 0.717) is 0 Å². The number of hydrogen-bond donors (Lipinski definition) is 1. The summed E-state index contributed by atoms with van der Waals surface area (Å²) in [4.78, 5) is 0. The van der Waals surface area contributed by atoms with Crippen molar-refractivity contribution in [2.75, 3.05) is 0 Å². The van der Waals surface area contributed by atoms with Crippen LogP contribution in [0.15, 0.2) is 35.8 Å². The highest BCUT2D eigenvalue weighted by atomic mass is 32.1. The normalized spacial score (nSPS) is 13.1. The van der Waals surface area contributed by atoms with Gasteiger partial charge in [0.15, 0.2) is 0 Å². The van der Waals surface area contributed by atoms with Gasteiger partial charge >= 0.3 is 0 Å². The minimum Gasteiger partial charge on any atom is -0.383 e.